The molecule has 0 aromatic rings. The molecule has 0 amide bonds. The summed E-state index contributed by atoms with van der Waals surface area (Å²) < 4.78 is 21.5. The van der Waals surface area contributed by atoms with E-state index >= 15 is 0 Å². The molecule has 2 rings (SSSR count). The Labute approximate surface area is 78.9 Å². The predicted octanol–water partition coefficient (Wildman–Crippen LogP) is -0.690. The summed E-state index contributed by atoms with van der Waals surface area (Å²) in [6, 6.07) is -0.395. The van der Waals surface area contributed by atoms with E-state index in [1.165, 1.54) is 0 Å². The third kappa shape index (κ3) is 1.22. The average Bonchev–Trinajstić information content (AvgIpc) is 2.55. The Hall–Kier alpha value is -0.0951. The van der Waals surface area contributed by atoms with Gasteiger partial charge in [-0.05, 0) is 0 Å². The monoisotopic (exact) mass is 184 g/mol. The summed E-state index contributed by atoms with van der Waals surface area (Å²) in [5.74, 6) is 0. The third-order valence-electron chi connectivity index (χ3n) is 2.67. The third-order valence-corrected chi connectivity index (χ3v) is 2.67. The minimum Gasteiger partial charge on any atom is -0.381 e. The highest BCUT2D eigenvalue weighted by molar-refractivity contribution is 6.11. The Bertz CT molecular complexity index is 201. The van der Waals surface area contributed by atoms with Crippen molar-refractivity contribution in [3.8, 4) is 0 Å². The first-order chi connectivity index (χ1) is 6.23. The maximum absolute atomic E-state index is 5.72. The molecule has 0 N–H and O–H groups in total. The Morgan fingerprint density at radius 1 is 1.54 bits per heavy atom. The largest absolute Gasteiger partial charge is 0.381 e. The van der Waals surface area contributed by atoms with Crippen LogP contribution in [0.15, 0.2) is 0 Å². The Morgan fingerprint density at radius 2 is 2.31 bits per heavy atom. The van der Waals surface area contributed by atoms with Crippen LogP contribution in [0.3, 0.4) is 0 Å². The van der Waals surface area contributed by atoms with Crippen molar-refractivity contribution in [2.24, 2.45) is 0 Å². The maximum Gasteiger partial charge on any atom is 0.143 e. The minimum absolute atomic E-state index is 0.109. The van der Waals surface area contributed by atoms with Gasteiger partial charge in [-0.15, -0.1) is 0 Å². The van der Waals surface area contributed by atoms with Gasteiger partial charge < -0.3 is 18.9 Å². The van der Waals surface area contributed by atoms with Crippen LogP contribution in [0.2, 0.25) is 0 Å². The summed E-state index contributed by atoms with van der Waals surface area (Å²) in [5.41, 5.74) is -0.492. The lowest BCUT2D eigenvalue weighted by molar-refractivity contribution is -0.144. The highest BCUT2D eigenvalue weighted by Gasteiger charge is 2.60. The molecule has 4 unspecified atom stereocenters. The van der Waals surface area contributed by atoms with E-state index in [0.717, 1.165) is 0 Å². The number of hydrogen-bond acceptors (Lipinski definition) is 4. The topological polar surface area (TPSA) is 36.9 Å². The Kier molecular flexibility index (Phi) is 2.36. The zero-order valence-corrected chi connectivity index (χ0v) is 7.86. The van der Waals surface area contributed by atoms with Gasteiger partial charge in [0.1, 0.15) is 25.7 Å². The van der Waals surface area contributed by atoms with Gasteiger partial charge in [0.15, 0.2) is 0 Å². The maximum atomic E-state index is 5.72. The molecule has 72 valence electrons. The van der Waals surface area contributed by atoms with Crippen LogP contribution in [-0.4, -0.2) is 59.1 Å². The molecule has 4 atom stereocenters. The highest BCUT2D eigenvalue weighted by atomic mass is 16.7. The number of ether oxygens (including phenoxy) is 4. The summed E-state index contributed by atoms with van der Waals surface area (Å²) in [6.07, 6.45) is -0.261. The van der Waals surface area contributed by atoms with E-state index in [4.69, 9.17) is 26.8 Å². The van der Waals surface area contributed by atoms with E-state index in [-0.39, 0.29) is 12.2 Å². The van der Waals surface area contributed by atoms with E-state index in [1.54, 1.807) is 14.2 Å². The minimum atomic E-state index is -0.492. The standard InChI is InChI=1S/C8H13BO4/c1-10-3-8-4-12-5(6(8)11-2)7(9)13-8/h5-7H,3-4H2,1-2H3. The van der Waals surface area contributed by atoms with Crippen LogP contribution in [0, 0.1) is 0 Å². The van der Waals surface area contributed by atoms with Crippen molar-refractivity contribution in [1.82, 2.24) is 0 Å². The predicted molar refractivity (Wildman–Crippen MR) is 45.8 cm³/mol. The van der Waals surface area contributed by atoms with Gasteiger partial charge in [0, 0.05) is 20.2 Å². The van der Waals surface area contributed by atoms with Gasteiger partial charge in [-0.25, -0.2) is 0 Å². The van der Waals surface area contributed by atoms with Crippen molar-refractivity contribution in [3.05, 3.63) is 0 Å². The summed E-state index contributed by atoms with van der Waals surface area (Å²) in [7, 11) is 8.98. The highest BCUT2D eigenvalue weighted by Crippen LogP contribution is 2.40. The van der Waals surface area contributed by atoms with Gasteiger partial charge in [0.25, 0.3) is 0 Å². The molecular weight excluding hydrogens is 171 g/mol. The molecule has 2 radical (unpaired) electrons. The zero-order chi connectivity index (χ0) is 9.47. The van der Waals surface area contributed by atoms with E-state index in [1.807, 2.05) is 0 Å². The fraction of sp³-hybridized carbons (Fsp3) is 1.00. The Balaban J connectivity index is 2.17. The fourth-order valence-electron chi connectivity index (χ4n) is 2.16. The Morgan fingerprint density at radius 3 is 2.85 bits per heavy atom. The number of rotatable bonds is 3. The zero-order valence-electron chi connectivity index (χ0n) is 7.86. The SMILES string of the molecule is [B]C1OC2(COC)COC1C2OC. The molecule has 0 aliphatic carbocycles. The van der Waals surface area contributed by atoms with Crippen molar-refractivity contribution in [2.75, 3.05) is 27.4 Å². The van der Waals surface area contributed by atoms with Crippen LogP contribution in [-0.2, 0) is 18.9 Å². The van der Waals surface area contributed by atoms with Crippen LogP contribution in [0.4, 0.5) is 0 Å². The van der Waals surface area contributed by atoms with Gasteiger partial charge >= 0.3 is 0 Å². The smallest absolute Gasteiger partial charge is 0.143 e. The molecule has 0 aromatic heterocycles. The first-order valence-electron chi connectivity index (χ1n) is 4.30. The second-order valence-corrected chi connectivity index (χ2v) is 3.51. The molecule has 0 saturated carbocycles. The molecule has 2 aliphatic heterocycles. The van der Waals surface area contributed by atoms with Gasteiger partial charge in [-0.2, -0.15) is 0 Å². The summed E-state index contributed by atoms with van der Waals surface area (Å²) in [6.45, 7) is 0.952. The molecule has 2 fully saturated rings. The summed E-state index contributed by atoms with van der Waals surface area (Å²) in [5, 5.41) is 0. The van der Waals surface area contributed by atoms with Crippen LogP contribution in [0.5, 0.6) is 0 Å². The summed E-state index contributed by atoms with van der Waals surface area (Å²) in [4.78, 5) is 0. The second-order valence-electron chi connectivity index (χ2n) is 3.51. The number of methoxy groups -OCH3 is 2. The number of hydrogen-bond donors (Lipinski definition) is 0. The lowest BCUT2D eigenvalue weighted by atomic mass is 9.92. The van der Waals surface area contributed by atoms with Gasteiger partial charge in [0.05, 0.1) is 13.2 Å². The molecule has 4 nitrogen and oxygen atoms in total. The van der Waals surface area contributed by atoms with Crippen LogP contribution >= 0.6 is 0 Å². The van der Waals surface area contributed by atoms with E-state index in [2.05, 4.69) is 0 Å². The van der Waals surface area contributed by atoms with Crippen LogP contribution < -0.4 is 0 Å². The fourth-order valence-corrected chi connectivity index (χ4v) is 2.16. The molecular formula is C8H13BO4. The second kappa shape index (κ2) is 3.24. The van der Waals surface area contributed by atoms with Crippen molar-refractivity contribution < 1.29 is 18.9 Å². The van der Waals surface area contributed by atoms with Crippen molar-refractivity contribution >= 4 is 7.85 Å². The summed E-state index contributed by atoms with van der Waals surface area (Å²) >= 11 is 0. The molecule has 13 heavy (non-hydrogen) atoms. The lowest BCUT2D eigenvalue weighted by Crippen LogP contribution is -2.45. The lowest BCUT2D eigenvalue weighted by Gasteiger charge is -2.29. The number of fused-ring (bicyclic) bond motifs is 2. The van der Waals surface area contributed by atoms with Crippen LogP contribution in [0.25, 0.3) is 0 Å². The molecule has 5 heteroatoms. The molecule has 2 bridgehead atoms. The van der Waals surface area contributed by atoms with Gasteiger partial charge in [0.2, 0.25) is 0 Å². The van der Waals surface area contributed by atoms with Crippen molar-refractivity contribution in [2.45, 2.75) is 23.8 Å². The van der Waals surface area contributed by atoms with Crippen molar-refractivity contribution in [3.63, 3.8) is 0 Å². The quantitative estimate of drug-likeness (QED) is 0.544. The molecule has 0 spiro atoms. The first-order valence-corrected chi connectivity index (χ1v) is 4.30. The first kappa shape index (κ1) is 9.46. The van der Waals surface area contributed by atoms with Crippen molar-refractivity contribution in [1.29, 1.82) is 0 Å². The van der Waals surface area contributed by atoms with E-state index in [0.29, 0.717) is 13.2 Å². The molecule has 2 aliphatic rings. The molecule has 2 heterocycles. The van der Waals surface area contributed by atoms with E-state index in [9.17, 15) is 0 Å². The van der Waals surface area contributed by atoms with Gasteiger partial charge in [-0.3, -0.25) is 0 Å². The van der Waals surface area contributed by atoms with E-state index < -0.39 is 11.6 Å². The normalized spacial score (nSPS) is 48.6. The van der Waals surface area contributed by atoms with Crippen LogP contribution in [0.1, 0.15) is 0 Å². The molecule has 2 saturated heterocycles. The average molecular weight is 184 g/mol. The van der Waals surface area contributed by atoms with Gasteiger partial charge in [-0.1, -0.05) is 0 Å². The molecule has 0 aromatic carbocycles.